The van der Waals surface area contributed by atoms with E-state index >= 15 is 0 Å². The van der Waals surface area contributed by atoms with Crippen LogP contribution in [-0.4, -0.2) is 10.9 Å². The lowest BCUT2D eigenvalue weighted by Gasteiger charge is -2.16. The summed E-state index contributed by atoms with van der Waals surface area (Å²) >= 11 is 0. The molecule has 0 saturated carbocycles. The van der Waals surface area contributed by atoms with Crippen molar-refractivity contribution in [3.63, 3.8) is 0 Å². The summed E-state index contributed by atoms with van der Waals surface area (Å²) in [4.78, 5) is 14.3. The molecule has 0 aliphatic carbocycles. The van der Waals surface area contributed by atoms with Crippen molar-refractivity contribution in [1.29, 1.82) is 0 Å². The average molecular weight is 166 g/mol. The van der Waals surface area contributed by atoms with Gasteiger partial charge in [-0.3, -0.25) is 4.79 Å². The van der Waals surface area contributed by atoms with Gasteiger partial charge in [0.2, 0.25) is 5.91 Å². The average Bonchev–Trinajstić information content (AvgIpc) is 2.37. The van der Waals surface area contributed by atoms with Gasteiger partial charge in [0.15, 0.2) is 0 Å². The highest BCUT2D eigenvalue weighted by Crippen LogP contribution is 2.16. The first kappa shape index (κ1) is 8.84. The van der Waals surface area contributed by atoms with Crippen LogP contribution in [0.25, 0.3) is 0 Å². The Kier molecular flexibility index (Phi) is 2.22. The second-order valence-corrected chi connectivity index (χ2v) is 3.80. The lowest BCUT2D eigenvalue weighted by molar-refractivity contribution is -0.123. The van der Waals surface area contributed by atoms with E-state index in [1.807, 2.05) is 26.8 Å². The highest BCUT2D eigenvalue weighted by Gasteiger charge is 2.20. The summed E-state index contributed by atoms with van der Waals surface area (Å²) in [6.45, 7) is 5.65. The van der Waals surface area contributed by atoms with Crippen LogP contribution in [0.2, 0.25) is 0 Å². The first-order valence-electron chi connectivity index (χ1n) is 3.94. The predicted octanol–water partition coefficient (Wildman–Crippen LogP) is 2.00. The van der Waals surface area contributed by atoms with E-state index in [-0.39, 0.29) is 11.3 Å². The molecule has 0 saturated heterocycles. The molecule has 0 atom stereocenters. The highest BCUT2D eigenvalue weighted by atomic mass is 16.2. The number of hydrogen-bond acceptors (Lipinski definition) is 1. The molecule has 1 aromatic heterocycles. The molecule has 2 N–H and O–H groups in total. The van der Waals surface area contributed by atoms with E-state index in [2.05, 4.69) is 10.3 Å². The molecule has 1 aromatic rings. The molecule has 0 unspecified atom stereocenters. The Labute approximate surface area is 72.2 Å². The molecule has 66 valence electrons. The summed E-state index contributed by atoms with van der Waals surface area (Å²) in [5.41, 5.74) is 0.479. The molecular formula is C9H14N2O. The molecule has 0 aliphatic heterocycles. The van der Waals surface area contributed by atoms with Gasteiger partial charge in [0.1, 0.15) is 0 Å². The second-order valence-electron chi connectivity index (χ2n) is 3.80. The molecule has 0 bridgehead atoms. The number of rotatable bonds is 1. The number of amides is 1. The van der Waals surface area contributed by atoms with E-state index in [1.54, 1.807) is 12.4 Å². The van der Waals surface area contributed by atoms with Gasteiger partial charge in [-0.25, -0.2) is 0 Å². The molecule has 3 nitrogen and oxygen atoms in total. The lowest BCUT2D eigenvalue weighted by atomic mass is 9.96. The van der Waals surface area contributed by atoms with Crippen molar-refractivity contribution in [3.8, 4) is 0 Å². The Morgan fingerprint density at radius 2 is 2.17 bits per heavy atom. The van der Waals surface area contributed by atoms with Crippen LogP contribution in [0.3, 0.4) is 0 Å². The minimum absolute atomic E-state index is 0.0297. The van der Waals surface area contributed by atoms with E-state index in [4.69, 9.17) is 0 Å². The van der Waals surface area contributed by atoms with Crippen molar-refractivity contribution in [2.45, 2.75) is 20.8 Å². The van der Waals surface area contributed by atoms with Crippen molar-refractivity contribution < 1.29 is 4.79 Å². The number of carbonyl (C=O) groups is 1. The number of nitrogens with one attached hydrogen (secondary N) is 2. The molecule has 0 aromatic carbocycles. The van der Waals surface area contributed by atoms with Gasteiger partial charge in [0, 0.05) is 17.8 Å². The maximum atomic E-state index is 11.4. The predicted molar refractivity (Wildman–Crippen MR) is 48.9 cm³/mol. The molecule has 3 heteroatoms. The smallest absolute Gasteiger partial charge is 0.229 e. The number of aromatic nitrogens is 1. The summed E-state index contributed by atoms with van der Waals surface area (Å²) < 4.78 is 0. The third kappa shape index (κ3) is 2.12. The SMILES string of the molecule is CC(C)(C)C(=O)Nc1cc[nH]c1. The van der Waals surface area contributed by atoms with Crippen LogP contribution in [0.15, 0.2) is 18.5 Å². The Bertz CT molecular complexity index is 257. The summed E-state index contributed by atoms with van der Waals surface area (Å²) in [5.74, 6) is 0.0297. The minimum Gasteiger partial charge on any atom is -0.366 e. The molecular weight excluding hydrogens is 152 g/mol. The van der Waals surface area contributed by atoms with Crippen LogP contribution in [0.1, 0.15) is 20.8 Å². The number of H-pyrrole nitrogens is 1. The van der Waals surface area contributed by atoms with Crippen LogP contribution in [0.5, 0.6) is 0 Å². The number of aromatic amines is 1. The zero-order valence-corrected chi connectivity index (χ0v) is 7.64. The van der Waals surface area contributed by atoms with Gasteiger partial charge in [0.25, 0.3) is 0 Å². The fourth-order valence-electron chi connectivity index (χ4n) is 0.720. The summed E-state index contributed by atoms with van der Waals surface area (Å²) in [7, 11) is 0. The van der Waals surface area contributed by atoms with Crippen molar-refractivity contribution in [2.24, 2.45) is 5.41 Å². The van der Waals surface area contributed by atoms with Crippen LogP contribution in [0.4, 0.5) is 5.69 Å². The zero-order chi connectivity index (χ0) is 9.19. The first-order chi connectivity index (χ1) is 5.50. The van der Waals surface area contributed by atoms with E-state index in [9.17, 15) is 4.79 Å². The minimum atomic E-state index is -0.336. The Hall–Kier alpha value is -1.25. The first-order valence-corrected chi connectivity index (χ1v) is 3.94. The van der Waals surface area contributed by atoms with Gasteiger partial charge in [0.05, 0.1) is 5.69 Å². The van der Waals surface area contributed by atoms with Crippen molar-refractivity contribution in [2.75, 3.05) is 5.32 Å². The summed E-state index contributed by atoms with van der Waals surface area (Å²) in [6, 6.07) is 1.82. The number of hydrogen-bond donors (Lipinski definition) is 2. The van der Waals surface area contributed by atoms with Gasteiger partial charge >= 0.3 is 0 Å². The van der Waals surface area contributed by atoms with Crippen LogP contribution >= 0.6 is 0 Å². The van der Waals surface area contributed by atoms with Crippen LogP contribution < -0.4 is 5.32 Å². The Balaban J connectivity index is 2.60. The van der Waals surface area contributed by atoms with Gasteiger partial charge in [-0.1, -0.05) is 20.8 Å². The lowest BCUT2D eigenvalue weighted by Crippen LogP contribution is -2.27. The van der Waals surface area contributed by atoms with Gasteiger partial charge in [-0.15, -0.1) is 0 Å². The Morgan fingerprint density at radius 3 is 2.58 bits per heavy atom. The quantitative estimate of drug-likeness (QED) is 0.658. The zero-order valence-electron chi connectivity index (χ0n) is 7.64. The molecule has 12 heavy (non-hydrogen) atoms. The third-order valence-corrected chi connectivity index (χ3v) is 1.54. The summed E-state index contributed by atoms with van der Waals surface area (Å²) in [6.07, 6.45) is 3.53. The fraction of sp³-hybridized carbons (Fsp3) is 0.444. The second kappa shape index (κ2) is 3.01. The van der Waals surface area contributed by atoms with Gasteiger partial charge < -0.3 is 10.3 Å². The largest absolute Gasteiger partial charge is 0.366 e. The number of anilines is 1. The van der Waals surface area contributed by atoms with E-state index in [1.165, 1.54) is 0 Å². The maximum Gasteiger partial charge on any atom is 0.229 e. The standard InChI is InChI=1S/C9H14N2O/c1-9(2,3)8(12)11-7-4-5-10-6-7/h4-6,10H,1-3H3,(H,11,12). The Morgan fingerprint density at radius 1 is 1.50 bits per heavy atom. The molecule has 1 amide bonds. The van der Waals surface area contributed by atoms with Crippen LogP contribution in [0, 0.1) is 5.41 Å². The molecule has 1 rings (SSSR count). The third-order valence-electron chi connectivity index (χ3n) is 1.54. The van der Waals surface area contributed by atoms with Crippen molar-refractivity contribution in [3.05, 3.63) is 18.5 Å². The van der Waals surface area contributed by atoms with E-state index < -0.39 is 0 Å². The number of carbonyl (C=O) groups excluding carboxylic acids is 1. The van der Waals surface area contributed by atoms with Crippen LogP contribution in [-0.2, 0) is 4.79 Å². The van der Waals surface area contributed by atoms with Gasteiger partial charge in [-0.2, -0.15) is 0 Å². The molecule has 0 spiro atoms. The van der Waals surface area contributed by atoms with Crippen molar-refractivity contribution in [1.82, 2.24) is 4.98 Å². The normalized spacial score (nSPS) is 11.2. The van der Waals surface area contributed by atoms with Gasteiger partial charge in [-0.05, 0) is 6.07 Å². The monoisotopic (exact) mass is 166 g/mol. The molecule has 0 fully saturated rings. The molecule has 0 radical (unpaired) electrons. The van der Waals surface area contributed by atoms with E-state index in [0.29, 0.717) is 0 Å². The maximum absolute atomic E-state index is 11.4. The highest BCUT2D eigenvalue weighted by molar-refractivity contribution is 5.94. The van der Waals surface area contributed by atoms with Crippen molar-refractivity contribution >= 4 is 11.6 Å². The molecule has 0 aliphatic rings. The topological polar surface area (TPSA) is 44.9 Å². The summed E-state index contributed by atoms with van der Waals surface area (Å²) in [5, 5.41) is 2.79. The molecule has 1 heterocycles. The van der Waals surface area contributed by atoms with E-state index in [0.717, 1.165) is 5.69 Å². The fourth-order valence-corrected chi connectivity index (χ4v) is 0.720.